The van der Waals surface area contributed by atoms with E-state index in [-0.39, 0.29) is 22.8 Å². The number of para-hydroxylation sites is 1. The van der Waals surface area contributed by atoms with Crippen molar-refractivity contribution >= 4 is 17.7 Å². The zero-order valence-corrected chi connectivity index (χ0v) is 18.2. The Morgan fingerprint density at radius 2 is 2.10 bits per heavy atom. The molecular formula is C21H28N4O3S. The van der Waals surface area contributed by atoms with Gasteiger partial charge in [-0.3, -0.25) is 14.5 Å². The molecule has 0 saturated heterocycles. The van der Waals surface area contributed by atoms with Gasteiger partial charge in [0.15, 0.2) is 5.16 Å². The molecule has 1 amide bonds. The molecule has 0 radical (unpaired) electrons. The van der Waals surface area contributed by atoms with Crippen LogP contribution in [0.2, 0.25) is 0 Å². The fourth-order valence-corrected chi connectivity index (χ4v) is 4.00. The summed E-state index contributed by atoms with van der Waals surface area (Å²) >= 11 is 1.26. The molecule has 2 N–H and O–H groups in total. The van der Waals surface area contributed by atoms with Crippen LogP contribution in [-0.4, -0.2) is 45.7 Å². The van der Waals surface area contributed by atoms with Crippen LogP contribution >= 0.6 is 11.8 Å². The molecule has 0 unspecified atom stereocenters. The third-order valence-electron chi connectivity index (χ3n) is 4.57. The van der Waals surface area contributed by atoms with Gasteiger partial charge in [0.1, 0.15) is 5.75 Å². The second kappa shape index (κ2) is 9.00. The summed E-state index contributed by atoms with van der Waals surface area (Å²) in [6.45, 7) is 7.88. The molecule has 156 valence electrons. The molecule has 0 saturated carbocycles. The number of thioether (sulfide) groups is 1. The molecule has 0 bridgehead atoms. The molecule has 0 spiro atoms. The van der Waals surface area contributed by atoms with Crippen molar-refractivity contribution in [1.82, 2.24) is 20.2 Å². The highest BCUT2D eigenvalue weighted by Crippen LogP contribution is 2.23. The number of ether oxygens (including phenoxy) is 1. The number of hydrogen-bond acceptors (Lipinski definition) is 6. The van der Waals surface area contributed by atoms with Crippen molar-refractivity contribution in [3.8, 4) is 5.75 Å². The molecule has 1 aliphatic heterocycles. The van der Waals surface area contributed by atoms with Gasteiger partial charge in [-0.15, -0.1) is 0 Å². The van der Waals surface area contributed by atoms with Gasteiger partial charge in [-0.05, 0) is 26.8 Å². The van der Waals surface area contributed by atoms with Crippen LogP contribution < -0.4 is 15.6 Å². The standard InChI is InChI=1S/C21H28N4O3S/c1-21(2,3)24-18(26)13-29-20-22-16-9-10-25(12-15(16)19(27)23-20)11-14-7-5-6-8-17(14)28-4/h5-8H,9-13H2,1-4H3,(H,24,26)(H,22,23,27). The lowest BCUT2D eigenvalue weighted by atomic mass is 10.1. The lowest BCUT2D eigenvalue weighted by Crippen LogP contribution is -2.41. The molecule has 2 heterocycles. The molecule has 3 rings (SSSR count). The summed E-state index contributed by atoms with van der Waals surface area (Å²) in [6.07, 6.45) is 0.705. The van der Waals surface area contributed by atoms with E-state index in [2.05, 4.69) is 20.2 Å². The topological polar surface area (TPSA) is 87.3 Å². The van der Waals surface area contributed by atoms with Crippen molar-refractivity contribution in [1.29, 1.82) is 0 Å². The molecule has 29 heavy (non-hydrogen) atoms. The molecule has 1 aromatic heterocycles. The summed E-state index contributed by atoms with van der Waals surface area (Å²) in [7, 11) is 1.67. The number of nitrogens with zero attached hydrogens (tertiary/aromatic N) is 2. The van der Waals surface area contributed by atoms with Gasteiger partial charge in [0.2, 0.25) is 5.91 Å². The zero-order valence-electron chi connectivity index (χ0n) is 17.4. The van der Waals surface area contributed by atoms with Crippen LogP contribution in [0.1, 0.15) is 37.6 Å². The van der Waals surface area contributed by atoms with Crippen molar-refractivity contribution < 1.29 is 9.53 Å². The van der Waals surface area contributed by atoms with Gasteiger partial charge in [0.05, 0.1) is 24.1 Å². The minimum Gasteiger partial charge on any atom is -0.496 e. The lowest BCUT2D eigenvalue weighted by Gasteiger charge is -2.28. The molecule has 0 fully saturated rings. The van der Waals surface area contributed by atoms with Gasteiger partial charge in [-0.2, -0.15) is 0 Å². The summed E-state index contributed by atoms with van der Waals surface area (Å²) in [5.41, 5.74) is 2.22. The average Bonchev–Trinajstić information content (AvgIpc) is 2.66. The first-order chi connectivity index (χ1) is 13.7. The number of aromatic amines is 1. The first-order valence-electron chi connectivity index (χ1n) is 9.65. The van der Waals surface area contributed by atoms with Crippen molar-refractivity contribution in [3.63, 3.8) is 0 Å². The predicted molar refractivity (Wildman–Crippen MR) is 114 cm³/mol. The van der Waals surface area contributed by atoms with E-state index in [9.17, 15) is 9.59 Å². The second-order valence-corrected chi connectivity index (χ2v) is 9.12. The molecule has 1 aromatic carbocycles. The van der Waals surface area contributed by atoms with E-state index in [0.717, 1.165) is 23.6 Å². The van der Waals surface area contributed by atoms with Crippen LogP contribution in [0, 0.1) is 0 Å². The highest BCUT2D eigenvalue weighted by Gasteiger charge is 2.22. The predicted octanol–water partition coefficient (Wildman–Crippen LogP) is 2.34. The van der Waals surface area contributed by atoms with Gasteiger partial charge in [0.25, 0.3) is 5.56 Å². The highest BCUT2D eigenvalue weighted by atomic mass is 32.2. The van der Waals surface area contributed by atoms with Crippen LogP contribution in [-0.2, 0) is 24.3 Å². The van der Waals surface area contributed by atoms with Crippen LogP contribution in [0.15, 0.2) is 34.2 Å². The Labute approximate surface area is 175 Å². The van der Waals surface area contributed by atoms with E-state index in [1.807, 2.05) is 45.0 Å². The number of H-pyrrole nitrogens is 1. The maximum Gasteiger partial charge on any atom is 0.256 e. The Kier molecular flexibility index (Phi) is 6.64. The van der Waals surface area contributed by atoms with E-state index in [1.165, 1.54) is 11.8 Å². The average molecular weight is 417 g/mol. The maximum absolute atomic E-state index is 12.6. The number of amides is 1. The summed E-state index contributed by atoms with van der Waals surface area (Å²) in [5, 5.41) is 3.40. The van der Waals surface area contributed by atoms with Crippen molar-refractivity contribution in [3.05, 3.63) is 51.4 Å². The van der Waals surface area contributed by atoms with Crippen LogP contribution in [0.4, 0.5) is 0 Å². The third-order valence-corrected chi connectivity index (χ3v) is 5.44. The number of aromatic nitrogens is 2. The number of hydrogen-bond donors (Lipinski definition) is 2. The Bertz CT molecular complexity index is 936. The minimum atomic E-state index is -0.279. The molecule has 8 heteroatoms. The van der Waals surface area contributed by atoms with E-state index >= 15 is 0 Å². The van der Waals surface area contributed by atoms with Crippen LogP contribution in [0.5, 0.6) is 5.75 Å². The third kappa shape index (κ3) is 5.83. The normalized spacial score (nSPS) is 14.3. The number of fused-ring (bicyclic) bond motifs is 1. The zero-order chi connectivity index (χ0) is 21.0. The van der Waals surface area contributed by atoms with Crippen molar-refractivity contribution in [2.24, 2.45) is 0 Å². The smallest absolute Gasteiger partial charge is 0.256 e. The monoisotopic (exact) mass is 416 g/mol. The van der Waals surface area contributed by atoms with Crippen LogP contribution in [0.25, 0.3) is 0 Å². The SMILES string of the molecule is COc1ccccc1CN1CCc2nc(SCC(=O)NC(C)(C)C)[nH]c(=O)c2C1. The molecular weight excluding hydrogens is 388 g/mol. The molecule has 0 aliphatic carbocycles. The summed E-state index contributed by atoms with van der Waals surface area (Å²) in [4.78, 5) is 34.3. The van der Waals surface area contributed by atoms with Gasteiger partial charge >= 0.3 is 0 Å². The van der Waals surface area contributed by atoms with Gasteiger partial charge in [0, 0.05) is 37.2 Å². The number of benzene rings is 1. The van der Waals surface area contributed by atoms with E-state index in [4.69, 9.17) is 4.74 Å². The van der Waals surface area contributed by atoms with Crippen LogP contribution in [0.3, 0.4) is 0 Å². The van der Waals surface area contributed by atoms with Gasteiger partial charge in [-0.1, -0.05) is 30.0 Å². The number of methoxy groups -OCH3 is 1. The fourth-order valence-electron chi connectivity index (χ4n) is 3.32. The summed E-state index contributed by atoms with van der Waals surface area (Å²) in [5.74, 6) is 0.996. The van der Waals surface area contributed by atoms with Crippen molar-refractivity contribution in [2.45, 2.75) is 51.0 Å². The minimum absolute atomic E-state index is 0.0779. The quantitative estimate of drug-likeness (QED) is 0.555. The first-order valence-corrected chi connectivity index (χ1v) is 10.6. The van der Waals surface area contributed by atoms with Gasteiger partial charge in [-0.25, -0.2) is 4.98 Å². The number of carbonyl (C=O) groups is 1. The summed E-state index contributed by atoms with van der Waals surface area (Å²) in [6, 6.07) is 7.92. The highest BCUT2D eigenvalue weighted by molar-refractivity contribution is 7.99. The summed E-state index contributed by atoms with van der Waals surface area (Å²) < 4.78 is 5.43. The Hall–Kier alpha value is -2.32. The molecule has 7 nitrogen and oxygen atoms in total. The van der Waals surface area contributed by atoms with E-state index in [1.54, 1.807) is 7.11 Å². The Morgan fingerprint density at radius 1 is 1.34 bits per heavy atom. The lowest BCUT2D eigenvalue weighted by molar-refractivity contribution is -0.119. The Morgan fingerprint density at radius 3 is 2.83 bits per heavy atom. The number of nitrogens with one attached hydrogen (secondary N) is 2. The maximum atomic E-state index is 12.6. The molecule has 0 atom stereocenters. The second-order valence-electron chi connectivity index (χ2n) is 8.16. The first kappa shape index (κ1) is 21.4. The molecule has 2 aromatic rings. The Balaban J connectivity index is 1.66. The van der Waals surface area contributed by atoms with Crippen molar-refractivity contribution in [2.75, 3.05) is 19.4 Å². The number of carbonyl (C=O) groups excluding carboxylic acids is 1. The fraction of sp³-hybridized carbons (Fsp3) is 0.476. The number of rotatable bonds is 6. The van der Waals surface area contributed by atoms with Gasteiger partial charge < -0.3 is 15.0 Å². The van der Waals surface area contributed by atoms with E-state index in [0.29, 0.717) is 30.2 Å². The largest absolute Gasteiger partial charge is 0.496 e. The van der Waals surface area contributed by atoms with E-state index < -0.39 is 0 Å². The molecule has 1 aliphatic rings.